The lowest BCUT2D eigenvalue weighted by Gasteiger charge is -2.20. The number of benzene rings is 1. The zero-order valence-corrected chi connectivity index (χ0v) is 19.7. The van der Waals surface area contributed by atoms with Gasteiger partial charge in [0.05, 0.1) is 0 Å². The molecule has 0 aliphatic carbocycles. The largest absolute Gasteiger partial charge is 0.357 e. The van der Waals surface area contributed by atoms with E-state index >= 15 is 0 Å². The predicted molar refractivity (Wildman–Crippen MR) is 124 cm³/mol. The van der Waals surface area contributed by atoms with Crippen LogP contribution >= 0.6 is 24.0 Å². The highest BCUT2D eigenvalue weighted by Crippen LogP contribution is 2.13. The van der Waals surface area contributed by atoms with Crippen molar-refractivity contribution < 1.29 is 4.79 Å². The van der Waals surface area contributed by atoms with Crippen LogP contribution in [0.2, 0.25) is 0 Å². The van der Waals surface area contributed by atoms with Gasteiger partial charge in [-0.05, 0) is 39.2 Å². The number of amides is 1. The van der Waals surface area contributed by atoms with Gasteiger partial charge in [-0.1, -0.05) is 43.2 Å². The number of likely N-dealkylation sites (tertiary alicyclic amines) is 1. The minimum atomic E-state index is 0. The number of carbonyl (C=O) groups is 1. The fraction of sp³-hybridized carbons (Fsp3) is 0.619. The summed E-state index contributed by atoms with van der Waals surface area (Å²) in [5.41, 5.74) is 3.93. The Kier molecular flexibility index (Phi) is 10.1. The van der Waals surface area contributed by atoms with Crippen molar-refractivity contribution in [1.29, 1.82) is 0 Å². The van der Waals surface area contributed by atoms with Crippen molar-refractivity contribution in [2.45, 2.75) is 53.5 Å². The van der Waals surface area contributed by atoms with Crippen LogP contribution in [0.3, 0.4) is 0 Å². The molecule has 1 atom stereocenters. The minimum absolute atomic E-state index is 0. The van der Waals surface area contributed by atoms with Gasteiger partial charge in [0.25, 0.3) is 0 Å². The van der Waals surface area contributed by atoms with Crippen LogP contribution in [-0.4, -0.2) is 49.0 Å². The Balaban J connectivity index is 0.00000364. The molecule has 1 amide bonds. The first-order valence-electron chi connectivity index (χ1n) is 9.79. The zero-order valence-electron chi connectivity index (χ0n) is 17.3. The lowest BCUT2D eigenvalue weighted by Crippen LogP contribution is -2.45. The molecule has 2 N–H and O–H groups in total. The number of hydrogen-bond acceptors (Lipinski definition) is 2. The summed E-state index contributed by atoms with van der Waals surface area (Å²) in [7, 11) is 0. The Morgan fingerprint density at radius 2 is 1.93 bits per heavy atom. The molecule has 1 aliphatic rings. The van der Waals surface area contributed by atoms with Gasteiger partial charge in [0.2, 0.25) is 5.91 Å². The van der Waals surface area contributed by atoms with Gasteiger partial charge >= 0.3 is 0 Å². The molecule has 27 heavy (non-hydrogen) atoms. The second kappa shape index (κ2) is 11.5. The zero-order chi connectivity index (χ0) is 19.1. The lowest BCUT2D eigenvalue weighted by atomic mass is 10.1. The van der Waals surface area contributed by atoms with Crippen LogP contribution < -0.4 is 10.6 Å². The van der Waals surface area contributed by atoms with Crippen LogP contribution in [0.4, 0.5) is 0 Å². The molecular weight excluding hydrogens is 451 g/mol. The summed E-state index contributed by atoms with van der Waals surface area (Å²) in [6.45, 7) is 13.4. The summed E-state index contributed by atoms with van der Waals surface area (Å²) in [5.74, 6) is 1.15. The fourth-order valence-electron chi connectivity index (χ4n) is 3.47. The number of hydrogen-bond donors (Lipinski definition) is 2. The molecule has 1 heterocycles. The molecule has 0 radical (unpaired) electrons. The third-order valence-corrected chi connectivity index (χ3v) is 4.63. The predicted octanol–water partition coefficient (Wildman–Crippen LogP) is 3.28. The number of rotatable bonds is 6. The van der Waals surface area contributed by atoms with Crippen molar-refractivity contribution in [1.82, 2.24) is 15.5 Å². The summed E-state index contributed by atoms with van der Waals surface area (Å²) in [5, 5.41) is 6.82. The standard InChI is InChI=1S/C21H34N4O.HI/c1-6-22-21(23-9-7-18-12-16(4)11-17(5)13-18)24-19-8-10-25(14-19)20(26)15(2)3;/h11-13,15,19H,6-10,14H2,1-5H3,(H2,22,23,24);1H. The molecule has 1 saturated heterocycles. The van der Waals surface area contributed by atoms with Crippen LogP contribution in [0.15, 0.2) is 23.2 Å². The van der Waals surface area contributed by atoms with E-state index in [9.17, 15) is 4.79 Å². The maximum absolute atomic E-state index is 12.1. The fourth-order valence-corrected chi connectivity index (χ4v) is 3.47. The van der Waals surface area contributed by atoms with Crippen molar-refractivity contribution in [2.75, 3.05) is 26.2 Å². The number of aliphatic imine (C=N–C) groups is 1. The molecule has 1 aliphatic heterocycles. The van der Waals surface area contributed by atoms with Crippen molar-refractivity contribution in [3.63, 3.8) is 0 Å². The summed E-state index contributed by atoms with van der Waals surface area (Å²) in [6, 6.07) is 6.93. The molecule has 1 unspecified atom stereocenters. The third kappa shape index (κ3) is 7.68. The molecule has 2 rings (SSSR count). The van der Waals surface area contributed by atoms with Crippen molar-refractivity contribution in [3.05, 3.63) is 34.9 Å². The van der Waals surface area contributed by atoms with E-state index in [2.05, 4.69) is 49.6 Å². The maximum Gasteiger partial charge on any atom is 0.225 e. The summed E-state index contributed by atoms with van der Waals surface area (Å²) in [4.78, 5) is 18.8. The highest BCUT2D eigenvalue weighted by Gasteiger charge is 2.27. The van der Waals surface area contributed by atoms with E-state index in [1.165, 1.54) is 16.7 Å². The van der Waals surface area contributed by atoms with Gasteiger partial charge in [-0.3, -0.25) is 9.79 Å². The van der Waals surface area contributed by atoms with Gasteiger partial charge in [-0.2, -0.15) is 0 Å². The van der Waals surface area contributed by atoms with E-state index in [-0.39, 0.29) is 41.8 Å². The molecule has 5 nitrogen and oxygen atoms in total. The molecule has 152 valence electrons. The smallest absolute Gasteiger partial charge is 0.225 e. The van der Waals surface area contributed by atoms with E-state index < -0.39 is 0 Å². The number of nitrogens with zero attached hydrogens (tertiary/aromatic N) is 2. The van der Waals surface area contributed by atoms with Crippen LogP contribution in [0.1, 0.15) is 43.9 Å². The highest BCUT2D eigenvalue weighted by molar-refractivity contribution is 14.0. The van der Waals surface area contributed by atoms with Gasteiger partial charge in [0, 0.05) is 38.1 Å². The van der Waals surface area contributed by atoms with E-state index in [1.807, 2.05) is 18.7 Å². The van der Waals surface area contributed by atoms with Crippen molar-refractivity contribution in [2.24, 2.45) is 10.9 Å². The van der Waals surface area contributed by atoms with E-state index in [0.717, 1.165) is 45.0 Å². The third-order valence-electron chi connectivity index (χ3n) is 4.63. The molecule has 0 bridgehead atoms. The average Bonchev–Trinajstić information content (AvgIpc) is 3.01. The Hall–Kier alpha value is -1.31. The Bertz CT molecular complexity index is 625. The molecule has 1 aromatic rings. The normalized spacial score (nSPS) is 17.0. The summed E-state index contributed by atoms with van der Waals surface area (Å²) in [6.07, 6.45) is 1.90. The van der Waals surface area contributed by atoms with Crippen molar-refractivity contribution >= 4 is 35.8 Å². The second-order valence-corrected chi connectivity index (χ2v) is 7.58. The van der Waals surface area contributed by atoms with Gasteiger partial charge in [0.1, 0.15) is 0 Å². The van der Waals surface area contributed by atoms with Crippen LogP contribution in [-0.2, 0) is 11.2 Å². The summed E-state index contributed by atoms with van der Waals surface area (Å²) < 4.78 is 0. The van der Waals surface area contributed by atoms with Crippen LogP contribution in [0.25, 0.3) is 0 Å². The highest BCUT2D eigenvalue weighted by atomic mass is 127. The number of aryl methyl sites for hydroxylation is 2. The summed E-state index contributed by atoms with van der Waals surface area (Å²) >= 11 is 0. The number of nitrogens with one attached hydrogen (secondary N) is 2. The first-order chi connectivity index (χ1) is 12.4. The van der Waals surface area contributed by atoms with Gasteiger partial charge in [0.15, 0.2) is 5.96 Å². The second-order valence-electron chi connectivity index (χ2n) is 7.58. The Labute approximate surface area is 181 Å². The first kappa shape index (κ1) is 23.7. The maximum atomic E-state index is 12.1. The van der Waals surface area contributed by atoms with E-state index in [0.29, 0.717) is 0 Å². The molecule has 0 saturated carbocycles. The van der Waals surface area contributed by atoms with Crippen LogP contribution in [0, 0.1) is 19.8 Å². The molecule has 6 heteroatoms. The number of halogens is 1. The topological polar surface area (TPSA) is 56.7 Å². The quantitative estimate of drug-likeness (QED) is 0.369. The number of carbonyl (C=O) groups excluding carboxylic acids is 1. The van der Waals surface area contributed by atoms with E-state index in [4.69, 9.17) is 4.99 Å². The molecular formula is C21H35IN4O. The number of guanidine groups is 1. The molecule has 1 fully saturated rings. The molecule has 0 aromatic heterocycles. The van der Waals surface area contributed by atoms with Crippen molar-refractivity contribution in [3.8, 4) is 0 Å². The minimum Gasteiger partial charge on any atom is -0.357 e. The van der Waals surface area contributed by atoms with Gasteiger partial charge in [-0.25, -0.2) is 0 Å². The Morgan fingerprint density at radius 3 is 2.52 bits per heavy atom. The molecule has 0 spiro atoms. The monoisotopic (exact) mass is 486 g/mol. The SMILES string of the molecule is CCNC(=NCCc1cc(C)cc(C)c1)NC1CCN(C(=O)C(C)C)C1.I. The molecule has 1 aromatic carbocycles. The Morgan fingerprint density at radius 1 is 1.26 bits per heavy atom. The lowest BCUT2D eigenvalue weighted by molar-refractivity contribution is -0.133. The van der Waals surface area contributed by atoms with Crippen LogP contribution in [0.5, 0.6) is 0 Å². The average molecular weight is 486 g/mol. The van der Waals surface area contributed by atoms with E-state index in [1.54, 1.807) is 0 Å². The van der Waals surface area contributed by atoms with Gasteiger partial charge in [-0.15, -0.1) is 24.0 Å². The first-order valence-corrected chi connectivity index (χ1v) is 9.79. The van der Waals surface area contributed by atoms with Gasteiger partial charge < -0.3 is 15.5 Å².